The summed E-state index contributed by atoms with van der Waals surface area (Å²) in [5.74, 6) is 0.347. The van der Waals surface area contributed by atoms with Gasteiger partial charge < -0.3 is 5.32 Å². The zero-order valence-electron chi connectivity index (χ0n) is 10.6. The van der Waals surface area contributed by atoms with Gasteiger partial charge in [-0.3, -0.25) is 9.89 Å². The topological polar surface area (TPSA) is 70.7 Å². The number of carbonyl (C=O) groups excluding carboxylic acids is 1. The summed E-state index contributed by atoms with van der Waals surface area (Å²) < 4.78 is 0. The fourth-order valence-corrected chi connectivity index (χ4v) is 1.87. The largest absolute Gasteiger partial charge is 0.307 e. The van der Waals surface area contributed by atoms with Crippen molar-refractivity contribution in [2.45, 2.75) is 0 Å². The summed E-state index contributed by atoms with van der Waals surface area (Å²) >= 11 is 0. The smallest absolute Gasteiger partial charge is 0.256 e. The Kier molecular flexibility index (Phi) is 3.24. The molecule has 3 aromatic rings. The molecular weight excluding hydrogens is 252 g/mol. The predicted molar refractivity (Wildman–Crippen MR) is 76.2 cm³/mol. The van der Waals surface area contributed by atoms with E-state index in [9.17, 15) is 4.79 Å². The monoisotopic (exact) mass is 264 g/mol. The highest BCUT2D eigenvalue weighted by Gasteiger charge is 2.08. The lowest BCUT2D eigenvalue weighted by atomic mass is 10.1. The van der Waals surface area contributed by atoms with E-state index in [4.69, 9.17) is 0 Å². The highest BCUT2D eigenvalue weighted by Crippen LogP contribution is 2.19. The van der Waals surface area contributed by atoms with Crippen molar-refractivity contribution in [3.05, 3.63) is 66.6 Å². The van der Waals surface area contributed by atoms with E-state index in [2.05, 4.69) is 20.5 Å². The maximum Gasteiger partial charge on any atom is 0.256 e. The fourth-order valence-electron chi connectivity index (χ4n) is 1.87. The molecule has 5 heteroatoms. The van der Waals surface area contributed by atoms with Crippen LogP contribution in [0.15, 0.2) is 61.1 Å². The summed E-state index contributed by atoms with van der Waals surface area (Å²) in [6.07, 6.45) is 5.14. The van der Waals surface area contributed by atoms with Crippen molar-refractivity contribution in [3.8, 4) is 11.1 Å². The molecule has 0 aliphatic heterocycles. The minimum absolute atomic E-state index is 0.186. The second-order valence-electron chi connectivity index (χ2n) is 4.24. The Hall–Kier alpha value is -2.95. The van der Waals surface area contributed by atoms with E-state index in [1.165, 1.54) is 0 Å². The number of benzene rings is 1. The number of amides is 1. The van der Waals surface area contributed by atoms with Crippen molar-refractivity contribution in [1.82, 2.24) is 15.2 Å². The van der Waals surface area contributed by atoms with E-state index in [0.29, 0.717) is 11.4 Å². The molecule has 1 aromatic carbocycles. The van der Waals surface area contributed by atoms with Crippen LogP contribution in [0.2, 0.25) is 0 Å². The third-order valence-corrected chi connectivity index (χ3v) is 2.86. The molecule has 2 aromatic heterocycles. The van der Waals surface area contributed by atoms with E-state index < -0.39 is 0 Å². The van der Waals surface area contributed by atoms with Crippen LogP contribution >= 0.6 is 0 Å². The van der Waals surface area contributed by atoms with Crippen LogP contribution in [-0.4, -0.2) is 21.1 Å². The molecule has 0 saturated heterocycles. The van der Waals surface area contributed by atoms with Crippen molar-refractivity contribution in [2.24, 2.45) is 0 Å². The molecule has 0 spiro atoms. The summed E-state index contributed by atoms with van der Waals surface area (Å²) in [5, 5.41) is 9.42. The Balaban J connectivity index is 1.84. The van der Waals surface area contributed by atoms with Crippen LogP contribution in [0.1, 0.15) is 10.4 Å². The van der Waals surface area contributed by atoms with Gasteiger partial charge in [0.05, 0.1) is 6.20 Å². The SMILES string of the molecule is O=C(Nc1ccccn1)c1cccc(-c2cn[nH]c2)c1. The highest BCUT2D eigenvalue weighted by atomic mass is 16.1. The first kappa shape index (κ1) is 12.1. The van der Waals surface area contributed by atoms with Gasteiger partial charge in [-0.05, 0) is 29.8 Å². The number of nitrogens with zero attached hydrogens (tertiary/aromatic N) is 2. The Bertz CT molecular complexity index is 708. The number of H-pyrrole nitrogens is 1. The normalized spacial score (nSPS) is 10.2. The quantitative estimate of drug-likeness (QED) is 0.764. The van der Waals surface area contributed by atoms with Gasteiger partial charge in [0.2, 0.25) is 0 Å². The molecule has 2 N–H and O–H groups in total. The zero-order chi connectivity index (χ0) is 13.8. The predicted octanol–water partition coefficient (Wildman–Crippen LogP) is 2.72. The number of aromatic amines is 1. The van der Waals surface area contributed by atoms with Crippen molar-refractivity contribution in [2.75, 3.05) is 5.32 Å². The van der Waals surface area contributed by atoms with Crippen LogP contribution in [0.4, 0.5) is 5.82 Å². The third kappa shape index (κ3) is 2.56. The average Bonchev–Trinajstić information content (AvgIpc) is 3.03. The van der Waals surface area contributed by atoms with E-state index in [1.54, 1.807) is 36.8 Å². The second-order valence-corrected chi connectivity index (χ2v) is 4.24. The first-order valence-corrected chi connectivity index (χ1v) is 6.14. The highest BCUT2D eigenvalue weighted by molar-refractivity contribution is 6.04. The van der Waals surface area contributed by atoms with Crippen molar-refractivity contribution < 1.29 is 4.79 Å². The summed E-state index contributed by atoms with van der Waals surface area (Å²) in [6.45, 7) is 0. The lowest BCUT2D eigenvalue weighted by Gasteiger charge is -2.05. The molecule has 2 heterocycles. The Morgan fingerprint density at radius 3 is 2.80 bits per heavy atom. The number of pyridine rings is 1. The number of hydrogen-bond donors (Lipinski definition) is 2. The van der Waals surface area contributed by atoms with Gasteiger partial charge in [0, 0.05) is 23.5 Å². The van der Waals surface area contributed by atoms with E-state index in [1.807, 2.05) is 24.3 Å². The maximum absolute atomic E-state index is 12.2. The van der Waals surface area contributed by atoms with Crippen molar-refractivity contribution in [3.63, 3.8) is 0 Å². The van der Waals surface area contributed by atoms with Gasteiger partial charge in [-0.1, -0.05) is 18.2 Å². The molecule has 0 atom stereocenters. The Morgan fingerprint density at radius 1 is 1.10 bits per heavy atom. The van der Waals surface area contributed by atoms with Gasteiger partial charge in [-0.15, -0.1) is 0 Å². The van der Waals surface area contributed by atoms with Crippen molar-refractivity contribution >= 4 is 11.7 Å². The van der Waals surface area contributed by atoms with Crippen LogP contribution in [0.5, 0.6) is 0 Å². The minimum atomic E-state index is -0.186. The lowest BCUT2D eigenvalue weighted by Crippen LogP contribution is -2.12. The Labute approximate surface area is 115 Å². The molecule has 0 fully saturated rings. The van der Waals surface area contributed by atoms with E-state index >= 15 is 0 Å². The first-order chi connectivity index (χ1) is 9.83. The molecule has 0 aliphatic rings. The molecule has 0 bridgehead atoms. The standard InChI is InChI=1S/C15H12N4O/c20-15(19-14-6-1-2-7-16-14)12-5-3-4-11(8-12)13-9-17-18-10-13/h1-10H,(H,17,18)(H,16,19,20). The summed E-state index contributed by atoms with van der Waals surface area (Å²) in [6, 6.07) is 12.7. The van der Waals surface area contributed by atoms with Gasteiger partial charge in [-0.25, -0.2) is 4.98 Å². The summed E-state index contributed by atoms with van der Waals surface area (Å²) in [5.41, 5.74) is 2.46. The maximum atomic E-state index is 12.2. The molecule has 0 radical (unpaired) electrons. The van der Waals surface area contributed by atoms with Crippen LogP contribution in [0.3, 0.4) is 0 Å². The third-order valence-electron chi connectivity index (χ3n) is 2.86. The molecule has 5 nitrogen and oxygen atoms in total. The Morgan fingerprint density at radius 2 is 2.05 bits per heavy atom. The molecule has 0 aliphatic carbocycles. The molecule has 3 rings (SSSR count). The molecule has 20 heavy (non-hydrogen) atoms. The first-order valence-electron chi connectivity index (χ1n) is 6.14. The molecule has 0 unspecified atom stereocenters. The summed E-state index contributed by atoms with van der Waals surface area (Å²) in [4.78, 5) is 16.2. The van der Waals surface area contributed by atoms with Gasteiger partial charge >= 0.3 is 0 Å². The van der Waals surface area contributed by atoms with Crippen LogP contribution in [0.25, 0.3) is 11.1 Å². The lowest BCUT2D eigenvalue weighted by molar-refractivity contribution is 0.102. The van der Waals surface area contributed by atoms with Crippen LogP contribution in [0, 0.1) is 0 Å². The molecule has 98 valence electrons. The van der Waals surface area contributed by atoms with E-state index in [-0.39, 0.29) is 5.91 Å². The van der Waals surface area contributed by atoms with Gasteiger partial charge in [0.25, 0.3) is 5.91 Å². The number of anilines is 1. The molecule has 0 saturated carbocycles. The zero-order valence-corrected chi connectivity index (χ0v) is 10.6. The van der Waals surface area contributed by atoms with Gasteiger partial charge in [0.15, 0.2) is 0 Å². The van der Waals surface area contributed by atoms with E-state index in [0.717, 1.165) is 11.1 Å². The van der Waals surface area contributed by atoms with Gasteiger partial charge in [0.1, 0.15) is 5.82 Å². The number of aromatic nitrogens is 3. The average molecular weight is 264 g/mol. The number of nitrogens with one attached hydrogen (secondary N) is 2. The molecule has 1 amide bonds. The summed E-state index contributed by atoms with van der Waals surface area (Å²) in [7, 11) is 0. The number of hydrogen-bond acceptors (Lipinski definition) is 3. The van der Waals surface area contributed by atoms with Crippen LogP contribution < -0.4 is 5.32 Å². The van der Waals surface area contributed by atoms with Crippen LogP contribution in [-0.2, 0) is 0 Å². The fraction of sp³-hybridized carbons (Fsp3) is 0. The van der Waals surface area contributed by atoms with Crippen molar-refractivity contribution in [1.29, 1.82) is 0 Å². The number of rotatable bonds is 3. The van der Waals surface area contributed by atoms with Gasteiger partial charge in [-0.2, -0.15) is 5.10 Å². The number of carbonyl (C=O) groups is 1. The second kappa shape index (κ2) is 5.36. The molecular formula is C15H12N4O. The minimum Gasteiger partial charge on any atom is -0.307 e.